The number of ketones is 1. The molecule has 2 aliphatic rings. The smallest absolute Gasteiger partial charge is 0.356 e. The van der Waals surface area contributed by atoms with Gasteiger partial charge in [-0.25, -0.2) is 9.78 Å². The molecule has 2 heterocycles. The highest BCUT2D eigenvalue weighted by Gasteiger charge is 2.60. The SMILES string of the molecule is C=CCOC(=O)C(N1C(=O)[C@H]([C@@H](C)O[Si](C)(C)C(C)(C)C)[C@H]1[C@H]1CCC/C(=C\c2nc(-c3ccccc3)cs2)C1=O)=P(c1ccccc1)(c1ccccc1)c1ccccc1. The molecule has 5 aromatic rings. The van der Waals surface area contributed by atoms with E-state index in [9.17, 15) is 0 Å². The Labute approximate surface area is 360 Å². The van der Waals surface area contributed by atoms with Crippen molar-refractivity contribution in [3.05, 3.63) is 150 Å². The second-order valence-corrected chi connectivity index (χ2v) is 26.1. The molecule has 4 aromatic carbocycles. The third-order valence-electron chi connectivity index (χ3n) is 12.4. The molecule has 1 aromatic heterocycles. The van der Waals surface area contributed by atoms with Gasteiger partial charge in [-0.05, 0) is 71.9 Å². The van der Waals surface area contributed by atoms with Gasteiger partial charge in [0.1, 0.15) is 17.0 Å². The minimum atomic E-state index is -3.20. The number of hydrogen-bond donors (Lipinski definition) is 0. The maximum Gasteiger partial charge on any atom is 0.356 e. The number of nitrogens with zero attached hydrogens (tertiary/aromatic N) is 2. The van der Waals surface area contributed by atoms with Gasteiger partial charge in [-0.3, -0.25) is 9.59 Å². The molecule has 1 aliphatic heterocycles. The first kappa shape index (κ1) is 43.2. The summed E-state index contributed by atoms with van der Waals surface area (Å²) in [5, 5.41) is 5.33. The summed E-state index contributed by atoms with van der Waals surface area (Å²) in [6.07, 6.45) is 4.86. The molecule has 0 radical (unpaired) electrons. The summed E-state index contributed by atoms with van der Waals surface area (Å²) in [4.78, 5) is 52.4. The van der Waals surface area contributed by atoms with Gasteiger partial charge in [0.15, 0.2) is 14.1 Å². The van der Waals surface area contributed by atoms with Crippen LogP contribution >= 0.6 is 18.2 Å². The van der Waals surface area contributed by atoms with Gasteiger partial charge in [0.2, 0.25) is 5.91 Å². The second-order valence-electron chi connectivity index (χ2n) is 17.2. The van der Waals surface area contributed by atoms with E-state index in [2.05, 4.69) is 40.4 Å². The standard InChI is InChI=1S/C50H55N2O5PSSi/c1-8-32-56-49(55)48(58(38-25-15-10-16-26-38,39-27-17-11-18-28-39)40-29-19-12-20-30-40)52-45(44(47(52)54)35(2)57-60(6,7)50(3,4)5)41-31-21-24-37(46(41)53)33-43-51-42(34-59-43)36-22-13-9-14-23-36/h8-20,22-23,25-30,33-35,41,44-45H,1,21,24,31-32H2,2-7H3/b37-33+/t35-,41-,44-,45-/m1/s1. The normalized spacial score (nSPS) is 19.7. The van der Waals surface area contributed by atoms with E-state index in [1.807, 2.05) is 140 Å². The molecule has 4 atom stereocenters. The monoisotopic (exact) mass is 854 g/mol. The maximum atomic E-state index is 15.5. The average Bonchev–Trinajstić information content (AvgIpc) is 3.72. The molecule has 1 aliphatic carbocycles. The van der Waals surface area contributed by atoms with E-state index >= 15 is 14.4 Å². The molecule has 1 amide bonds. The summed E-state index contributed by atoms with van der Waals surface area (Å²) in [6.45, 7) is 13.5. The quantitative estimate of drug-likeness (QED) is 0.0293. The summed E-state index contributed by atoms with van der Waals surface area (Å²) in [5.41, 5.74) is 2.82. The van der Waals surface area contributed by atoms with Crippen LogP contribution in [0.1, 0.15) is 52.0 Å². The number of ether oxygens (including phenoxy) is 1. The number of β-lactam (4-membered cyclic amide) rings is 1. The second kappa shape index (κ2) is 18.0. The van der Waals surface area contributed by atoms with Crippen LogP contribution in [0.4, 0.5) is 0 Å². The van der Waals surface area contributed by atoms with E-state index in [0.717, 1.165) is 38.6 Å². The van der Waals surface area contributed by atoms with Crippen molar-refractivity contribution in [3.8, 4) is 11.3 Å². The van der Waals surface area contributed by atoms with Crippen LogP contribution in [0.2, 0.25) is 18.1 Å². The highest BCUT2D eigenvalue weighted by atomic mass is 32.1. The highest BCUT2D eigenvalue weighted by molar-refractivity contribution is 7.96. The fourth-order valence-electron chi connectivity index (χ4n) is 8.48. The third-order valence-corrected chi connectivity index (χ3v) is 22.0. The molecule has 0 spiro atoms. The Kier molecular flexibility index (Phi) is 12.9. The largest absolute Gasteiger partial charge is 0.457 e. The average molecular weight is 855 g/mol. The van der Waals surface area contributed by atoms with Gasteiger partial charge < -0.3 is 14.1 Å². The first-order valence-corrected chi connectivity index (χ1v) is 26.4. The summed E-state index contributed by atoms with van der Waals surface area (Å²) in [5.74, 6) is -2.14. The van der Waals surface area contributed by atoms with Gasteiger partial charge in [-0.2, -0.15) is 0 Å². The van der Waals surface area contributed by atoms with Crippen molar-refractivity contribution in [1.82, 2.24) is 9.88 Å². The molecule has 10 heteroatoms. The van der Waals surface area contributed by atoms with Crippen LogP contribution in [0.15, 0.2) is 145 Å². The van der Waals surface area contributed by atoms with Gasteiger partial charge in [-0.15, -0.1) is 11.3 Å². The fourth-order valence-corrected chi connectivity index (χ4v) is 15.1. The number of hydrogen-bond acceptors (Lipinski definition) is 7. The number of amides is 1. The summed E-state index contributed by atoms with van der Waals surface area (Å²) in [7, 11) is -2.39. The highest BCUT2D eigenvalue weighted by Crippen LogP contribution is 2.52. The Morgan fingerprint density at radius 3 is 1.95 bits per heavy atom. The summed E-state index contributed by atoms with van der Waals surface area (Å²) >= 11 is 1.51. The summed E-state index contributed by atoms with van der Waals surface area (Å²) < 4.78 is 13.1. The van der Waals surface area contributed by atoms with E-state index in [0.29, 0.717) is 18.4 Å². The number of rotatable bonds is 13. The zero-order valence-corrected chi connectivity index (χ0v) is 38.1. The predicted molar refractivity (Wildman–Crippen MR) is 251 cm³/mol. The lowest BCUT2D eigenvalue weighted by molar-refractivity contribution is -0.162. The van der Waals surface area contributed by atoms with Crippen molar-refractivity contribution in [2.24, 2.45) is 11.8 Å². The van der Waals surface area contributed by atoms with Gasteiger partial charge >= 0.3 is 5.97 Å². The van der Waals surface area contributed by atoms with Crippen LogP contribution in [-0.2, 0) is 23.5 Å². The Hall–Kier alpha value is -4.92. The molecule has 7 rings (SSSR count). The first-order chi connectivity index (χ1) is 28.8. The lowest BCUT2D eigenvalue weighted by atomic mass is 9.69. The van der Waals surface area contributed by atoms with E-state index in [1.165, 1.54) is 11.3 Å². The van der Waals surface area contributed by atoms with E-state index < -0.39 is 45.2 Å². The number of aromatic nitrogens is 1. The van der Waals surface area contributed by atoms with Crippen molar-refractivity contribution in [3.63, 3.8) is 0 Å². The number of benzene rings is 4. The van der Waals surface area contributed by atoms with Crippen LogP contribution in [0.25, 0.3) is 17.3 Å². The van der Waals surface area contributed by atoms with Crippen LogP contribution in [0, 0.1) is 11.8 Å². The van der Waals surface area contributed by atoms with E-state index in [4.69, 9.17) is 14.1 Å². The molecule has 310 valence electrons. The topological polar surface area (TPSA) is 85.8 Å². The molecule has 7 nitrogen and oxygen atoms in total. The maximum absolute atomic E-state index is 15.5. The van der Waals surface area contributed by atoms with Crippen LogP contribution in [0.3, 0.4) is 0 Å². The van der Waals surface area contributed by atoms with Crippen molar-refractivity contribution in [1.29, 1.82) is 0 Å². The van der Waals surface area contributed by atoms with Gasteiger partial charge in [0.25, 0.3) is 0 Å². The van der Waals surface area contributed by atoms with Gasteiger partial charge in [-0.1, -0.05) is 155 Å². The molecule has 60 heavy (non-hydrogen) atoms. The van der Waals surface area contributed by atoms with Crippen molar-refractivity contribution >= 4 is 71.6 Å². The molecule has 1 saturated heterocycles. The number of Topliss-reactive ketones (excluding diaryl/α,β-unsaturated/α-hetero) is 1. The molecule has 2 fully saturated rings. The van der Waals surface area contributed by atoms with Crippen molar-refractivity contribution in [2.75, 3.05) is 6.61 Å². The van der Waals surface area contributed by atoms with Crippen molar-refractivity contribution in [2.45, 2.75) is 77.2 Å². The summed E-state index contributed by atoms with van der Waals surface area (Å²) in [6, 6.07) is 39.3. The van der Waals surface area contributed by atoms with Gasteiger partial charge in [0, 0.05) is 23.7 Å². The van der Waals surface area contributed by atoms with E-state index in [-0.39, 0.29) is 28.8 Å². The zero-order valence-electron chi connectivity index (χ0n) is 35.4. The minimum Gasteiger partial charge on any atom is -0.457 e. The lowest BCUT2D eigenvalue weighted by Crippen LogP contribution is -2.72. The number of likely N-dealkylation sites (tertiary alicyclic amines) is 1. The van der Waals surface area contributed by atoms with Crippen LogP contribution in [-0.4, -0.2) is 60.0 Å². The number of allylic oxidation sites excluding steroid dienone is 1. The number of carbonyl (C=O) groups is 3. The molecule has 0 unspecified atom stereocenters. The van der Waals surface area contributed by atoms with Crippen molar-refractivity contribution < 1.29 is 23.5 Å². The predicted octanol–water partition coefficient (Wildman–Crippen LogP) is 9.65. The third kappa shape index (κ3) is 8.25. The molecular weight excluding hydrogens is 800 g/mol. The number of carbonyl (C=O) groups excluding carboxylic acids is 3. The lowest BCUT2D eigenvalue weighted by Gasteiger charge is -2.55. The Bertz CT molecular complexity index is 2320. The zero-order chi connectivity index (χ0) is 42.7. The molecular formula is C50H55N2O5PSSi. The van der Waals surface area contributed by atoms with Crippen LogP contribution in [0.5, 0.6) is 0 Å². The van der Waals surface area contributed by atoms with E-state index in [1.54, 1.807) is 11.0 Å². The number of esters is 1. The first-order valence-electron chi connectivity index (χ1n) is 20.8. The molecule has 1 saturated carbocycles. The van der Waals surface area contributed by atoms with Gasteiger partial charge in [0.05, 0.1) is 23.8 Å². The van der Waals surface area contributed by atoms with Crippen LogP contribution < -0.4 is 15.9 Å². The Balaban J connectivity index is 1.46. The Morgan fingerprint density at radius 2 is 1.43 bits per heavy atom. The Morgan fingerprint density at radius 1 is 0.900 bits per heavy atom. The molecule has 0 N–H and O–H groups in total. The number of thiazole rings is 1. The molecule has 0 bridgehead atoms. The minimum absolute atomic E-state index is 0.0217. The fraction of sp³-hybridized carbons (Fsp3) is 0.300.